The molecular formula is C12H18N6O3. The molecule has 21 heavy (non-hydrogen) atoms. The maximum absolute atomic E-state index is 10.4. The average molecular weight is 294 g/mol. The Labute approximate surface area is 122 Å². The SMILES string of the molecule is Cn1cnnc1CN1C[C@H](NOCC(=O)O)CC[C@H]1C#N. The summed E-state index contributed by atoms with van der Waals surface area (Å²) < 4.78 is 1.81. The van der Waals surface area contributed by atoms with E-state index in [1.165, 1.54) is 0 Å². The largest absolute Gasteiger partial charge is 0.479 e. The molecule has 0 spiro atoms. The van der Waals surface area contributed by atoms with Gasteiger partial charge in [0, 0.05) is 19.6 Å². The van der Waals surface area contributed by atoms with Gasteiger partial charge in [-0.05, 0) is 12.8 Å². The Balaban J connectivity index is 1.91. The van der Waals surface area contributed by atoms with Gasteiger partial charge in [0.05, 0.1) is 18.7 Å². The Morgan fingerprint density at radius 1 is 1.67 bits per heavy atom. The lowest BCUT2D eigenvalue weighted by molar-refractivity contribution is -0.146. The van der Waals surface area contributed by atoms with Crippen LogP contribution in [-0.4, -0.2) is 56.0 Å². The number of nitrogens with zero attached hydrogens (tertiary/aromatic N) is 5. The van der Waals surface area contributed by atoms with Crippen molar-refractivity contribution < 1.29 is 14.7 Å². The number of nitriles is 1. The minimum Gasteiger partial charge on any atom is -0.479 e. The van der Waals surface area contributed by atoms with E-state index in [0.717, 1.165) is 12.2 Å². The molecule has 114 valence electrons. The molecule has 2 heterocycles. The van der Waals surface area contributed by atoms with Crippen LogP contribution in [0.1, 0.15) is 18.7 Å². The molecule has 0 amide bonds. The summed E-state index contributed by atoms with van der Waals surface area (Å²) in [5, 5.41) is 25.6. The van der Waals surface area contributed by atoms with Crippen molar-refractivity contribution in [1.82, 2.24) is 25.1 Å². The number of nitrogens with one attached hydrogen (secondary N) is 1. The number of carbonyl (C=O) groups is 1. The van der Waals surface area contributed by atoms with Gasteiger partial charge in [-0.15, -0.1) is 10.2 Å². The highest BCUT2D eigenvalue weighted by Gasteiger charge is 2.29. The van der Waals surface area contributed by atoms with E-state index < -0.39 is 5.97 Å². The third-order valence-electron chi connectivity index (χ3n) is 3.43. The molecule has 0 radical (unpaired) electrons. The molecule has 2 atom stereocenters. The van der Waals surface area contributed by atoms with E-state index in [1.54, 1.807) is 6.33 Å². The van der Waals surface area contributed by atoms with Crippen LogP contribution in [0.3, 0.4) is 0 Å². The molecule has 1 aromatic rings. The van der Waals surface area contributed by atoms with Gasteiger partial charge >= 0.3 is 5.97 Å². The van der Waals surface area contributed by atoms with E-state index in [2.05, 4.69) is 21.7 Å². The maximum atomic E-state index is 10.4. The summed E-state index contributed by atoms with van der Waals surface area (Å²) in [5.74, 6) is -0.244. The van der Waals surface area contributed by atoms with E-state index in [-0.39, 0.29) is 18.7 Å². The zero-order valence-electron chi connectivity index (χ0n) is 11.8. The topological polar surface area (TPSA) is 116 Å². The second-order valence-electron chi connectivity index (χ2n) is 5.01. The van der Waals surface area contributed by atoms with Gasteiger partial charge in [-0.1, -0.05) is 0 Å². The van der Waals surface area contributed by atoms with Crippen LogP contribution in [0.15, 0.2) is 6.33 Å². The van der Waals surface area contributed by atoms with E-state index in [4.69, 9.17) is 9.94 Å². The maximum Gasteiger partial charge on any atom is 0.331 e. The number of carboxylic acid groups (broad SMARTS) is 1. The highest BCUT2D eigenvalue weighted by Crippen LogP contribution is 2.19. The van der Waals surface area contributed by atoms with Crippen LogP contribution < -0.4 is 5.48 Å². The van der Waals surface area contributed by atoms with Crippen LogP contribution in [0.5, 0.6) is 0 Å². The molecule has 9 nitrogen and oxygen atoms in total. The lowest BCUT2D eigenvalue weighted by atomic mass is 9.99. The number of piperidine rings is 1. The Hall–Kier alpha value is -2.02. The fraction of sp³-hybridized carbons (Fsp3) is 0.667. The van der Waals surface area contributed by atoms with Crippen molar-refractivity contribution in [3.63, 3.8) is 0 Å². The van der Waals surface area contributed by atoms with Gasteiger partial charge < -0.3 is 9.67 Å². The van der Waals surface area contributed by atoms with Crippen molar-refractivity contribution in [3.8, 4) is 6.07 Å². The number of rotatable bonds is 6. The number of likely N-dealkylation sites (tertiary alicyclic amines) is 1. The molecule has 1 fully saturated rings. The van der Waals surface area contributed by atoms with Crippen molar-refractivity contribution >= 4 is 5.97 Å². The molecule has 1 aromatic heterocycles. The normalized spacial score (nSPS) is 22.9. The fourth-order valence-corrected chi connectivity index (χ4v) is 2.31. The van der Waals surface area contributed by atoms with Crippen LogP contribution in [0.4, 0.5) is 0 Å². The van der Waals surface area contributed by atoms with Gasteiger partial charge in [-0.25, -0.2) is 4.79 Å². The van der Waals surface area contributed by atoms with Gasteiger partial charge in [-0.3, -0.25) is 9.74 Å². The minimum atomic E-state index is -1.02. The van der Waals surface area contributed by atoms with Crippen LogP contribution in [-0.2, 0) is 23.2 Å². The summed E-state index contributed by atoms with van der Waals surface area (Å²) in [4.78, 5) is 17.3. The summed E-state index contributed by atoms with van der Waals surface area (Å²) in [6.45, 7) is 0.720. The zero-order valence-corrected chi connectivity index (χ0v) is 11.8. The first-order chi connectivity index (χ1) is 10.1. The number of aryl methyl sites for hydroxylation is 1. The Morgan fingerprint density at radius 2 is 2.48 bits per heavy atom. The van der Waals surface area contributed by atoms with Gasteiger partial charge in [0.15, 0.2) is 6.61 Å². The fourth-order valence-electron chi connectivity index (χ4n) is 2.31. The summed E-state index contributed by atoms with van der Waals surface area (Å²) >= 11 is 0. The van der Waals surface area contributed by atoms with Crippen molar-refractivity contribution in [2.75, 3.05) is 13.2 Å². The average Bonchev–Trinajstić information content (AvgIpc) is 2.84. The lowest BCUT2D eigenvalue weighted by Gasteiger charge is -2.35. The van der Waals surface area contributed by atoms with Gasteiger partial charge in [-0.2, -0.15) is 10.7 Å². The molecule has 2 rings (SSSR count). The predicted molar refractivity (Wildman–Crippen MR) is 70.6 cm³/mol. The molecule has 0 aliphatic carbocycles. The van der Waals surface area contributed by atoms with E-state index in [9.17, 15) is 10.1 Å². The third-order valence-corrected chi connectivity index (χ3v) is 3.43. The van der Waals surface area contributed by atoms with Crippen LogP contribution in [0, 0.1) is 11.3 Å². The zero-order chi connectivity index (χ0) is 15.2. The molecule has 0 bridgehead atoms. The first kappa shape index (κ1) is 15.4. The Kier molecular flexibility index (Phi) is 5.21. The molecule has 1 aliphatic heterocycles. The standard InChI is InChI=1S/C12H18N6O3/c1-17-8-14-15-11(17)6-18-5-9(2-3-10(18)4-13)16-21-7-12(19)20/h8-10,16H,2-3,5-7H2,1H3,(H,19,20)/t9-,10+/m1/s1. The second-order valence-corrected chi connectivity index (χ2v) is 5.01. The van der Waals surface area contributed by atoms with Crippen molar-refractivity contribution in [3.05, 3.63) is 12.2 Å². The summed E-state index contributed by atoms with van der Waals surface area (Å²) in [5.41, 5.74) is 2.75. The Bertz CT molecular complexity index is 525. The molecule has 9 heteroatoms. The summed E-state index contributed by atoms with van der Waals surface area (Å²) in [6.07, 6.45) is 3.07. The first-order valence-electron chi connectivity index (χ1n) is 6.65. The molecule has 0 unspecified atom stereocenters. The number of aromatic nitrogens is 3. The monoisotopic (exact) mass is 294 g/mol. The van der Waals surface area contributed by atoms with Gasteiger partial charge in [0.2, 0.25) is 0 Å². The number of hydrogen-bond donors (Lipinski definition) is 2. The van der Waals surface area contributed by atoms with Crippen LogP contribution >= 0.6 is 0 Å². The molecule has 0 saturated carbocycles. The van der Waals surface area contributed by atoms with Crippen LogP contribution in [0.25, 0.3) is 0 Å². The van der Waals surface area contributed by atoms with E-state index in [0.29, 0.717) is 19.5 Å². The van der Waals surface area contributed by atoms with Gasteiger partial charge in [0.25, 0.3) is 0 Å². The van der Waals surface area contributed by atoms with Crippen molar-refractivity contribution in [2.45, 2.75) is 31.5 Å². The second kappa shape index (κ2) is 7.12. The van der Waals surface area contributed by atoms with Crippen LogP contribution in [0.2, 0.25) is 0 Å². The number of hydroxylamine groups is 1. The van der Waals surface area contributed by atoms with E-state index >= 15 is 0 Å². The smallest absolute Gasteiger partial charge is 0.331 e. The molecule has 2 N–H and O–H groups in total. The highest BCUT2D eigenvalue weighted by molar-refractivity contribution is 5.67. The van der Waals surface area contributed by atoms with Crippen molar-refractivity contribution in [2.24, 2.45) is 7.05 Å². The third kappa shape index (κ3) is 4.22. The van der Waals surface area contributed by atoms with Crippen molar-refractivity contribution in [1.29, 1.82) is 5.26 Å². The lowest BCUT2D eigenvalue weighted by Crippen LogP contribution is -2.50. The number of carboxylic acids is 1. The number of hydrogen-bond acceptors (Lipinski definition) is 7. The summed E-state index contributed by atoms with van der Waals surface area (Å²) in [7, 11) is 1.85. The Morgan fingerprint density at radius 3 is 3.10 bits per heavy atom. The van der Waals surface area contributed by atoms with E-state index in [1.807, 2.05) is 16.5 Å². The highest BCUT2D eigenvalue weighted by atomic mass is 16.7. The molecule has 1 saturated heterocycles. The molecular weight excluding hydrogens is 276 g/mol. The predicted octanol–water partition coefficient (Wildman–Crippen LogP) is -0.723. The molecule has 0 aromatic carbocycles. The number of aliphatic carboxylic acids is 1. The minimum absolute atomic E-state index is 0.0119. The summed E-state index contributed by atoms with van der Waals surface area (Å²) in [6, 6.07) is 2.09. The quantitative estimate of drug-likeness (QED) is 0.660. The first-order valence-corrected chi connectivity index (χ1v) is 6.65. The van der Waals surface area contributed by atoms with Gasteiger partial charge in [0.1, 0.15) is 12.2 Å². The molecule has 1 aliphatic rings.